The molecule has 0 aliphatic heterocycles. The highest BCUT2D eigenvalue weighted by Gasteiger charge is 2.21. The monoisotopic (exact) mass is 242 g/mol. The van der Waals surface area contributed by atoms with Crippen molar-refractivity contribution in [1.82, 2.24) is 5.43 Å². The molecule has 3 N–H and O–H groups in total. The summed E-state index contributed by atoms with van der Waals surface area (Å²) < 4.78 is 5.45. The summed E-state index contributed by atoms with van der Waals surface area (Å²) in [5, 5.41) is 0.712. The third-order valence-electron chi connectivity index (χ3n) is 2.64. The molecule has 0 spiro atoms. The Hall–Kier alpha value is -0.610. The maximum Gasteiger partial charge on any atom is 0.0778 e. The van der Waals surface area contributed by atoms with Gasteiger partial charge >= 0.3 is 0 Å². The maximum absolute atomic E-state index is 5.96. The van der Waals surface area contributed by atoms with Gasteiger partial charge in [0, 0.05) is 12.1 Å². The number of hydrogen-bond acceptors (Lipinski definition) is 3. The zero-order chi connectivity index (χ0) is 12.0. The van der Waals surface area contributed by atoms with Gasteiger partial charge in [0.05, 0.1) is 12.1 Å². The van der Waals surface area contributed by atoms with Crippen LogP contribution in [0.4, 0.5) is 0 Å². The molecule has 0 heterocycles. The second-order valence-electron chi connectivity index (χ2n) is 3.76. The average Bonchev–Trinajstić information content (AvgIpc) is 2.29. The predicted molar refractivity (Wildman–Crippen MR) is 67.2 cm³/mol. The van der Waals surface area contributed by atoms with Crippen LogP contribution in [0.5, 0.6) is 0 Å². The molecule has 90 valence electrons. The average molecular weight is 243 g/mol. The van der Waals surface area contributed by atoms with Crippen LogP contribution in [0.15, 0.2) is 24.3 Å². The molecule has 0 fully saturated rings. The van der Waals surface area contributed by atoms with Crippen LogP contribution in [0.1, 0.15) is 31.4 Å². The Morgan fingerprint density at radius 2 is 2.25 bits per heavy atom. The van der Waals surface area contributed by atoms with Gasteiger partial charge in [0.2, 0.25) is 0 Å². The van der Waals surface area contributed by atoms with Crippen LogP contribution in [0, 0.1) is 0 Å². The fourth-order valence-electron chi connectivity index (χ4n) is 1.82. The summed E-state index contributed by atoms with van der Waals surface area (Å²) in [6.45, 7) is 2.12. The van der Waals surface area contributed by atoms with Crippen LogP contribution >= 0.6 is 11.6 Å². The molecule has 1 aromatic rings. The quantitative estimate of drug-likeness (QED) is 0.596. The molecule has 0 amide bonds. The van der Waals surface area contributed by atoms with E-state index in [2.05, 4.69) is 12.3 Å². The van der Waals surface area contributed by atoms with Crippen LogP contribution in [0.3, 0.4) is 0 Å². The minimum atomic E-state index is -0.0244. The first-order chi connectivity index (χ1) is 7.72. The summed E-state index contributed by atoms with van der Waals surface area (Å²) in [6.07, 6.45) is 2.07. The number of nitrogens with one attached hydrogen (secondary N) is 1. The van der Waals surface area contributed by atoms with Gasteiger partial charge < -0.3 is 4.74 Å². The first-order valence-electron chi connectivity index (χ1n) is 5.47. The van der Waals surface area contributed by atoms with E-state index in [1.165, 1.54) is 0 Å². The lowest BCUT2D eigenvalue weighted by Crippen LogP contribution is -2.37. The molecule has 3 nitrogen and oxygen atoms in total. The number of halogens is 1. The van der Waals surface area contributed by atoms with Crippen molar-refractivity contribution in [3.8, 4) is 0 Å². The van der Waals surface area contributed by atoms with Gasteiger partial charge in [-0.1, -0.05) is 37.1 Å². The fraction of sp³-hybridized carbons (Fsp3) is 0.500. The summed E-state index contributed by atoms with van der Waals surface area (Å²) in [5.41, 5.74) is 3.85. The molecule has 0 aliphatic carbocycles. The number of ether oxygens (including phenoxy) is 1. The van der Waals surface area contributed by atoms with Crippen molar-refractivity contribution in [1.29, 1.82) is 0 Å². The molecule has 0 bridgehead atoms. The van der Waals surface area contributed by atoms with Gasteiger partial charge in [-0.15, -0.1) is 0 Å². The lowest BCUT2D eigenvalue weighted by molar-refractivity contribution is 0.0606. The molecule has 1 rings (SSSR count). The third kappa shape index (κ3) is 3.46. The molecule has 2 unspecified atom stereocenters. The van der Waals surface area contributed by atoms with Crippen molar-refractivity contribution in [2.45, 2.75) is 31.9 Å². The third-order valence-corrected chi connectivity index (χ3v) is 2.87. The Kier molecular flexibility index (Phi) is 5.77. The molecule has 0 saturated carbocycles. The Balaban J connectivity index is 2.87. The zero-order valence-electron chi connectivity index (χ0n) is 9.74. The van der Waals surface area contributed by atoms with Gasteiger partial charge in [-0.2, -0.15) is 0 Å². The van der Waals surface area contributed by atoms with Crippen molar-refractivity contribution >= 4 is 11.6 Å². The number of hydrogen-bond donors (Lipinski definition) is 2. The summed E-state index contributed by atoms with van der Waals surface area (Å²) in [6, 6.07) is 7.65. The van der Waals surface area contributed by atoms with Gasteiger partial charge in [-0.25, -0.2) is 0 Å². The van der Waals surface area contributed by atoms with Gasteiger partial charge in [0.15, 0.2) is 0 Å². The molecule has 0 aliphatic rings. The van der Waals surface area contributed by atoms with E-state index in [0.717, 1.165) is 18.4 Å². The Bertz CT molecular complexity index is 320. The lowest BCUT2D eigenvalue weighted by Gasteiger charge is -2.25. The predicted octanol–water partition coefficient (Wildman–Crippen LogP) is 2.66. The Morgan fingerprint density at radius 1 is 1.50 bits per heavy atom. The number of benzene rings is 1. The maximum atomic E-state index is 5.96. The topological polar surface area (TPSA) is 47.3 Å². The van der Waals surface area contributed by atoms with Gasteiger partial charge in [0.1, 0.15) is 0 Å². The summed E-state index contributed by atoms with van der Waals surface area (Å²) in [5.74, 6) is 5.59. The van der Waals surface area contributed by atoms with Crippen molar-refractivity contribution in [3.63, 3.8) is 0 Å². The van der Waals surface area contributed by atoms with Gasteiger partial charge in [-0.3, -0.25) is 11.3 Å². The summed E-state index contributed by atoms with van der Waals surface area (Å²) in [4.78, 5) is 0. The molecule has 16 heavy (non-hydrogen) atoms. The first-order valence-corrected chi connectivity index (χ1v) is 5.85. The van der Waals surface area contributed by atoms with E-state index >= 15 is 0 Å². The van der Waals surface area contributed by atoms with Crippen LogP contribution in [0.2, 0.25) is 5.02 Å². The first kappa shape index (κ1) is 13.5. The lowest BCUT2D eigenvalue weighted by atomic mass is 9.99. The molecular weight excluding hydrogens is 224 g/mol. The van der Waals surface area contributed by atoms with Crippen LogP contribution in [-0.2, 0) is 4.74 Å². The standard InChI is InChI=1S/C12H19ClN2O/c1-3-5-11(16-2)12(15-14)9-6-4-7-10(13)8-9/h4,6-8,11-12,15H,3,5,14H2,1-2H3. The Morgan fingerprint density at radius 3 is 2.75 bits per heavy atom. The van der Waals surface area contributed by atoms with E-state index in [1.54, 1.807) is 7.11 Å². The number of rotatable bonds is 6. The summed E-state index contributed by atoms with van der Waals surface area (Å²) >= 11 is 5.96. The van der Waals surface area contributed by atoms with Crippen LogP contribution in [0.25, 0.3) is 0 Å². The van der Waals surface area contributed by atoms with E-state index < -0.39 is 0 Å². The minimum absolute atomic E-state index is 0.0244. The van der Waals surface area contributed by atoms with Crippen molar-refractivity contribution in [2.75, 3.05) is 7.11 Å². The minimum Gasteiger partial charge on any atom is -0.379 e. The summed E-state index contributed by atoms with van der Waals surface area (Å²) in [7, 11) is 1.70. The SMILES string of the molecule is CCCC(OC)C(NN)c1cccc(Cl)c1. The smallest absolute Gasteiger partial charge is 0.0778 e. The van der Waals surface area contributed by atoms with E-state index in [4.69, 9.17) is 22.2 Å². The van der Waals surface area contributed by atoms with Crippen LogP contribution < -0.4 is 11.3 Å². The van der Waals surface area contributed by atoms with E-state index in [9.17, 15) is 0 Å². The van der Waals surface area contributed by atoms with Crippen molar-refractivity contribution < 1.29 is 4.74 Å². The highest BCUT2D eigenvalue weighted by Crippen LogP contribution is 2.23. The number of nitrogens with two attached hydrogens (primary N) is 1. The van der Waals surface area contributed by atoms with Gasteiger partial charge in [0.25, 0.3) is 0 Å². The number of hydrazine groups is 1. The van der Waals surface area contributed by atoms with Gasteiger partial charge in [-0.05, 0) is 24.1 Å². The highest BCUT2D eigenvalue weighted by molar-refractivity contribution is 6.30. The molecule has 0 radical (unpaired) electrons. The van der Waals surface area contributed by atoms with Crippen LogP contribution in [-0.4, -0.2) is 13.2 Å². The molecule has 2 atom stereocenters. The largest absolute Gasteiger partial charge is 0.379 e. The van der Waals surface area contributed by atoms with E-state index in [1.807, 2.05) is 24.3 Å². The van der Waals surface area contributed by atoms with E-state index in [-0.39, 0.29) is 12.1 Å². The molecule has 0 saturated heterocycles. The zero-order valence-corrected chi connectivity index (χ0v) is 10.5. The molecule has 4 heteroatoms. The molecular formula is C12H19ClN2O. The Labute approximate surface area is 102 Å². The van der Waals surface area contributed by atoms with E-state index in [0.29, 0.717) is 5.02 Å². The molecule has 1 aromatic carbocycles. The second kappa shape index (κ2) is 6.86. The van der Waals surface area contributed by atoms with Crippen molar-refractivity contribution in [2.24, 2.45) is 5.84 Å². The molecule has 0 aromatic heterocycles. The number of methoxy groups -OCH3 is 1. The highest BCUT2D eigenvalue weighted by atomic mass is 35.5. The van der Waals surface area contributed by atoms with Crippen molar-refractivity contribution in [3.05, 3.63) is 34.9 Å². The fourth-order valence-corrected chi connectivity index (χ4v) is 2.02. The normalized spacial score (nSPS) is 14.8. The second-order valence-corrected chi connectivity index (χ2v) is 4.20.